The van der Waals surface area contributed by atoms with Crippen molar-refractivity contribution < 1.29 is 9.53 Å². The van der Waals surface area contributed by atoms with Gasteiger partial charge in [-0.15, -0.1) is 0 Å². The second-order valence-electron chi connectivity index (χ2n) is 5.37. The molecule has 1 fully saturated rings. The number of carbonyl (C=O) groups is 1. The van der Waals surface area contributed by atoms with Gasteiger partial charge in [0.05, 0.1) is 30.9 Å². The molecule has 0 bridgehead atoms. The number of aromatic nitrogens is 2. The minimum absolute atomic E-state index is 0.0253. The Balaban J connectivity index is 1.84. The summed E-state index contributed by atoms with van der Waals surface area (Å²) in [5.41, 5.74) is 0.866. The molecule has 1 aromatic heterocycles. The number of carbonyl (C=O) groups excluding carboxylic acids is 1. The third-order valence-corrected chi connectivity index (χ3v) is 3.82. The molecule has 2 rings (SSSR count). The van der Waals surface area contributed by atoms with E-state index in [9.17, 15) is 4.79 Å². The molecule has 2 heterocycles. The molecule has 1 aliphatic rings. The highest BCUT2D eigenvalue weighted by Gasteiger charge is 2.18. The number of ether oxygens (including phenoxy) is 1. The SMILES string of the molecule is CCC(CC)n1ccc(CC(=O)CC2CNCCO2)n1. The van der Waals surface area contributed by atoms with E-state index in [1.165, 1.54) is 0 Å². The van der Waals surface area contributed by atoms with Crippen LogP contribution in [0.15, 0.2) is 12.3 Å². The molecule has 0 amide bonds. The van der Waals surface area contributed by atoms with Crippen molar-refractivity contribution in [3.8, 4) is 0 Å². The molecule has 0 radical (unpaired) electrons. The molecule has 0 aromatic carbocycles. The van der Waals surface area contributed by atoms with E-state index in [1.54, 1.807) is 0 Å². The van der Waals surface area contributed by atoms with Crippen LogP contribution in [-0.4, -0.2) is 41.4 Å². The Morgan fingerprint density at radius 2 is 2.35 bits per heavy atom. The summed E-state index contributed by atoms with van der Waals surface area (Å²) >= 11 is 0. The van der Waals surface area contributed by atoms with Crippen LogP contribution in [-0.2, 0) is 16.0 Å². The fourth-order valence-electron chi connectivity index (χ4n) is 2.62. The lowest BCUT2D eigenvalue weighted by molar-refractivity contribution is -0.121. The predicted molar refractivity (Wildman–Crippen MR) is 77.8 cm³/mol. The molecule has 112 valence electrons. The quantitative estimate of drug-likeness (QED) is 0.826. The molecule has 1 N–H and O–H groups in total. The Kier molecular flexibility index (Phi) is 5.73. The molecule has 1 saturated heterocycles. The van der Waals surface area contributed by atoms with E-state index >= 15 is 0 Å². The second kappa shape index (κ2) is 7.55. The number of nitrogens with zero attached hydrogens (tertiary/aromatic N) is 2. The minimum atomic E-state index is 0.0253. The molecule has 1 unspecified atom stereocenters. The first-order valence-corrected chi connectivity index (χ1v) is 7.61. The van der Waals surface area contributed by atoms with Crippen molar-refractivity contribution in [1.82, 2.24) is 15.1 Å². The molecule has 1 aromatic rings. The minimum Gasteiger partial charge on any atom is -0.375 e. The number of rotatable bonds is 7. The van der Waals surface area contributed by atoms with Gasteiger partial charge in [-0.25, -0.2) is 0 Å². The topological polar surface area (TPSA) is 56.2 Å². The van der Waals surface area contributed by atoms with Gasteiger partial charge in [-0.2, -0.15) is 5.10 Å². The molecule has 0 saturated carbocycles. The van der Waals surface area contributed by atoms with Crippen molar-refractivity contribution in [1.29, 1.82) is 0 Å². The van der Waals surface area contributed by atoms with Crippen LogP contribution in [0.2, 0.25) is 0 Å². The Hall–Kier alpha value is -1.20. The highest BCUT2D eigenvalue weighted by Crippen LogP contribution is 2.15. The normalized spacial score (nSPS) is 19.4. The standard InChI is InChI=1S/C15H25N3O2/c1-3-13(4-2)18-7-5-12(17-18)9-14(19)10-15-11-16-6-8-20-15/h5,7,13,15-16H,3-4,6,8-11H2,1-2H3. The van der Waals surface area contributed by atoms with Crippen molar-refractivity contribution in [3.63, 3.8) is 0 Å². The molecule has 1 aliphatic heterocycles. The van der Waals surface area contributed by atoms with Crippen molar-refractivity contribution in [3.05, 3.63) is 18.0 Å². The Bertz CT molecular complexity index is 421. The molecular weight excluding hydrogens is 254 g/mol. The van der Waals surface area contributed by atoms with Gasteiger partial charge in [-0.1, -0.05) is 13.8 Å². The van der Waals surface area contributed by atoms with Gasteiger partial charge in [0.25, 0.3) is 0 Å². The Morgan fingerprint density at radius 3 is 3.00 bits per heavy atom. The van der Waals surface area contributed by atoms with Gasteiger partial charge in [0.2, 0.25) is 0 Å². The van der Waals surface area contributed by atoms with Gasteiger partial charge in [0, 0.05) is 25.7 Å². The van der Waals surface area contributed by atoms with E-state index < -0.39 is 0 Å². The number of nitrogens with one attached hydrogen (secondary N) is 1. The van der Waals surface area contributed by atoms with Gasteiger partial charge in [0.1, 0.15) is 5.78 Å². The van der Waals surface area contributed by atoms with Crippen LogP contribution in [0.4, 0.5) is 0 Å². The average molecular weight is 279 g/mol. The average Bonchev–Trinajstić information content (AvgIpc) is 2.89. The lowest BCUT2D eigenvalue weighted by Crippen LogP contribution is -2.39. The van der Waals surface area contributed by atoms with Gasteiger partial charge in [-0.3, -0.25) is 9.48 Å². The summed E-state index contributed by atoms with van der Waals surface area (Å²) < 4.78 is 7.54. The lowest BCUT2D eigenvalue weighted by Gasteiger charge is -2.22. The smallest absolute Gasteiger partial charge is 0.141 e. The van der Waals surface area contributed by atoms with Crippen molar-refractivity contribution >= 4 is 5.78 Å². The summed E-state index contributed by atoms with van der Waals surface area (Å²) in [6.07, 6.45) is 5.02. The summed E-state index contributed by atoms with van der Waals surface area (Å²) in [6, 6.07) is 2.39. The zero-order chi connectivity index (χ0) is 14.4. The zero-order valence-electron chi connectivity index (χ0n) is 12.5. The lowest BCUT2D eigenvalue weighted by atomic mass is 10.1. The fourth-order valence-corrected chi connectivity index (χ4v) is 2.62. The monoisotopic (exact) mass is 279 g/mol. The Morgan fingerprint density at radius 1 is 1.55 bits per heavy atom. The van der Waals surface area contributed by atoms with Crippen LogP contribution in [0.5, 0.6) is 0 Å². The third kappa shape index (κ3) is 4.15. The van der Waals surface area contributed by atoms with E-state index in [0.29, 0.717) is 25.5 Å². The molecule has 0 spiro atoms. The largest absolute Gasteiger partial charge is 0.375 e. The third-order valence-electron chi connectivity index (χ3n) is 3.82. The summed E-state index contributed by atoms with van der Waals surface area (Å²) in [4.78, 5) is 12.0. The van der Waals surface area contributed by atoms with E-state index in [1.807, 2.05) is 16.9 Å². The van der Waals surface area contributed by atoms with E-state index in [4.69, 9.17) is 4.74 Å². The predicted octanol–water partition coefficient (Wildman–Crippen LogP) is 1.73. The van der Waals surface area contributed by atoms with E-state index in [-0.39, 0.29) is 11.9 Å². The maximum Gasteiger partial charge on any atom is 0.141 e. The summed E-state index contributed by atoms with van der Waals surface area (Å²) in [5.74, 6) is 0.202. The molecule has 20 heavy (non-hydrogen) atoms. The van der Waals surface area contributed by atoms with Crippen LogP contribution in [0.3, 0.4) is 0 Å². The van der Waals surface area contributed by atoms with Crippen LogP contribution in [0.1, 0.15) is 44.8 Å². The fraction of sp³-hybridized carbons (Fsp3) is 0.733. The Labute approximate surface area is 120 Å². The van der Waals surface area contributed by atoms with Gasteiger partial charge >= 0.3 is 0 Å². The molecule has 0 aliphatic carbocycles. The maximum atomic E-state index is 12.0. The summed E-state index contributed by atoms with van der Waals surface area (Å²) in [5, 5.41) is 7.77. The summed E-state index contributed by atoms with van der Waals surface area (Å²) in [6.45, 7) is 6.67. The first kappa shape index (κ1) is 15.2. The van der Waals surface area contributed by atoms with Crippen molar-refractivity contribution in [2.45, 2.75) is 51.7 Å². The van der Waals surface area contributed by atoms with Crippen molar-refractivity contribution in [2.75, 3.05) is 19.7 Å². The zero-order valence-corrected chi connectivity index (χ0v) is 12.5. The van der Waals surface area contributed by atoms with Gasteiger partial charge in [0.15, 0.2) is 0 Å². The number of ketones is 1. The molecule has 5 nitrogen and oxygen atoms in total. The first-order chi connectivity index (χ1) is 9.72. The van der Waals surface area contributed by atoms with Crippen LogP contribution >= 0.6 is 0 Å². The van der Waals surface area contributed by atoms with E-state index in [2.05, 4.69) is 24.3 Å². The van der Waals surface area contributed by atoms with Crippen LogP contribution < -0.4 is 5.32 Å². The number of hydrogen-bond acceptors (Lipinski definition) is 4. The van der Waals surface area contributed by atoms with Crippen molar-refractivity contribution in [2.24, 2.45) is 0 Å². The van der Waals surface area contributed by atoms with Gasteiger partial charge in [-0.05, 0) is 18.9 Å². The number of hydrogen-bond donors (Lipinski definition) is 1. The van der Waals surface area contributed by atoms with Gasteiger partial charge < -0.3 is 10.1 Å². The summed E-state index contributed by atoms with van der Waals surface area (Å²) in [7, 11) is 0. The second-order valence-corrected chi connectivity index (χ2v) is 5.37. The van der Waals surface area contributed by atoms with Crippen LogP contribution in [0.25, 0.3) is 0 Å². The van der Waals surface area contributed by atoms with E-state index in [0.717, 1.165) is 31.6 Å². The highest BCUT2D eigenvalue weighted by molar-refractivity contribution is 5.80. The molecule has 1 atom stereocenters. The number of morpholine rings is 1. The number of Topliss-reactive ketones (excluding diaryl/α,β-unsaturated/α-hetero) is 1. The first-order valence-electron chi connectivity index (χ1n) is 7.61. The maximum absolute atomic E-state index is 12.0. The highest BCUT2D eigenvalue weighted by atomic mass is 16.5. The molecule has 5 heteroatoms. The van der Waals surface area contributed by atoms with Crippen LogP contribution in [0, 0.1) is 0 Å². The molecular formula is C15H25N3O2.